The first-order valence-corrected chi connectivity index (χ1v) is 19.4. The number of hydrogen-bond acceptors (Lipinski definition) is 9. The highest BCUT2D eigenvalue weighted by Gasteiger charge is 2.22. The summed E-state index contributed by atoms with van der Waals surface area (Å²) in [7, 11) is -0.550. The second kappa shape index (κ2) is 25.0. The molecule has 0 radical (unpaired) electrons. The molecule has 40 heavy (non-hydrogen) atoms. The Kier molecular flexibility index (Phi) is 23.4. The molecule has 0 aromatic carbocycles. The number of nitrogen functional groups attached to an aromatic ring is 1. The first-order valence-electron chi connectivity index (χ1n) is 15.1. The van der Waals surface area contributed by atoms with Gasteiger partial charge >= 0.3 is 13.3 Å². The fraction of sp³-hybridized carbons (Fsp3) is 0.857. The Morgan fingerprint density at radius 1 is 0.925 bits per heavy atom. The van der Waals surface area contributed by atoms with E-state index in [1.807, 2.05) is 0 Å². The molecule has 0 spiro atoms. The van der Waals surface area contributed by atoms with Crippen LogP contribution < -0.4 is 11.4 Å². The summed E-state index contributed by atoms with van der Waals surface area (Å²) < 4.78 is 23.9. The summed E-state index contributed by atoms with van der Waals surface area (Å²) in [6, 6.07) is 1.45. The number of rotatable bonds is 28. The van der Waals surface area contributed by atoms with E-state index in [0.29, 0.717) is 5.75 Å². The summed E-state index contributed by atoms with van der Waals surface area (Å²) in [6.07, 6.45) is 21.9. The maximum Gasteiger partial charge on any atom is 0.353 e. The average Bonchev–Trinajstić information content (AvgIpc) is 2.93. The molecule has 9 nitrogen and oxygen atoms in total. The predicted molar refractivity (Wildman–Crippen MR) is 170 cm³/mol. The van der Waals surface area contributed by atoms with Crippen LogP contribution in [-0.4, -0.2) is 56.7 Å². The van der Waals surface area contributed by atoms with Crippen molar-refractivity contribution in [3.05, 3.63) is 22.7 Å². The molecule has 1 aromatic heterocycles. The number of unbranched alkanes of at least 4 members (excludes halogenated alkanes) is 15. The molecule has 0 aliphatic carbocycles. The molecule has 0 aliphatic rings. The van der Waals surface area contributed by atoms with Crippen LogP contribution in [0.3, 0.4) is 0 Å². The molecular weight excluding hydrogens is 569 g/mol. The monoisotopic (exact) mass is 623 g/mol. The normalized spacial score (nSPS) is 13.9. The van der Waals surface area contributed by atoms with E-state index in [2.05, 4.69) is 11.9 Å². The number of nitrogens with two attached hydrogens (primary N) is 1. The summed E-state index contributed by atoms with van der Waals surface area (Å²) >= 11 is 0. The van der Waals surface area contributed by atoms with Crippen molar-refractivity contribution >= 4 is 35.0 Å². The van der Waals surface area contributed by atoms with Gasteiger partial charge in [-0.05, 0) is 12.5 Å². The van der Waals surface area contributed by atoms with Gasteiger partial charge in [0.2, 0.25) is 0 Å². The highest BCUT2D eigenvalue weighted by atomic mass is 33.1. The summed E-state index contributed by atoms with van der Waals surface area (Å²) in [5.41, 5.74) is 4.87. The lowest BCUT2D eigenvalue weighted by Gasteiger charge is -2.19. The molecule has 0 saturated heterocycles. The van der Waals surface area contributed by atoms with Gasteiger partial charge in [-0.3, -0.25) is 9.13 Å². The van der Waals surface area contributed by atoms with Gasteiger partial charge in [-0.25, -0.2) is 4.79 Å². The smallest absolute Gasteiger partial charge is 0.353 e. The second-order valence-corrected chi connectivity index (χ2v) is 14.8. The molecule has 2 atom stereocenters. The molecule has 1 aromatic rings. The van der Waals surface area contributed by atoms with E-state index in [1.54, 1.807) is 21.6 Å². The fourth-order valence-electron chi connectivity index (χ4n) is 4.24. The topological polar surface area (TPSA) is 137 Å². The molecule has 1 rings (SSSR count). The van der Waals surface area contributed by atoms with Crippen LogP contribution in [-0.2, 0) is 20.4 Å². The zero-order valence-electron chi connectivity index (χ0n) is 24.6. The fourth-order valence-corrected chi connectivity index (χ4v) is 7.19. The molecule has 0 fully saturated rings. The highest BCUT2D eigenvalue weighted by Crippen LogP contribution is 2.42. The Balaban J connectivity index is 1.91. The minimum absolute atomic E-state index is 0.0194. The van der Waals surface area contributed by atoms with E-state index in [-0.39, 0.29) is 19.0 Å². The first kappa shape index (κ1) is 37.5. The lowest BCUT2D eigenvalue weighted by Crippen LogP contribution is -2.32. The molecule has 0 bridgehead atoms. The SMILES string of the molecule is CCCCCCCCCCCCCCCCCCSSCCOP(=O)(O)CO[C@H](CO)Cn1ccc(N)nc1=O. The number of aliphatic hydroxyl groups is 1. The lowest BCUT2D eigenvalue weighted by atomic mass is 10.0. The molecule has 0 saturated carbocycles. The predicted octanol–water partition coefficient (Wildman–Crippen LogP) is 7.01. The second-order valence-electron chi connectivity index (χ2n) is 10.3. The van der Waals surface area contributed by atoms with Crippen molar-refractivity contribution in [1.82, 2.24) is 9.55 Å². The Morgan fingerprint density at radius 2 is 1.45 bits per heavy atom. The van der Waals surface area contributed by atoms with Crippen LogP contribution in [0.25, 0.3) is 0 Å². The molecule has 4 N–H and O–H groups in total. The van der Waals surface area contributed by atoms with Gasteiger partial charge in [0.15, 0.2) is 0 Å². The van der Waals surface area contributed by atoms with Crippen molar-refractivity contribution in [1.29, 1.82) is 0 Å². The summed E-state index contributed by atoms with van der Waals surface area (Å²) in [5.74, 6) is 1.77. The van der Waals surface area contributed by atoms with Gasteiger partial charge in [-0.1, -0.05) is 125 Å². The van der Waals surface area contributed by atoms with Gasteiger partial charge in [-0.2, -0.15) is 4.98 Å². The highest BCUT2D eigenvalue weighted by molar-refractivity contribution is 8.76. The van der Waals surface area contributed by atoms with Crippen LogP contribution in [0.4, 0.5) is 5.82 Å². The number of aromatic nitrogens is 2. The number of aliphatic hydroxyl groups excluding tert-OH is 1. The van der Waals surface area contributed by atoms with E-state index >= 15 is 0 Å². The molecule has 0 amide bonds. The maximum atomic E-state index is 12.2. The molecule has 234 valence electrons. The van der Waals surface area contributed by atoms with Crippen molar-refractivity contribution in [2.75, 3.05) is 36.8 Å². The van der Waals surface area contributed by atoms with E-state index < -0.39 is 32.3 Å². The third-order valence-electron chi connectivity index (χ3n) is 6.60. The van der Waals surface area contributed by atoms with E-state index in [0.717, 1.165) is 5.75 Å². The average molecular weight is 624 g/mol. The van der Waals surface area contributed by atoms with Crippen LogP contribution in [0, 0.1) is 0 Å². The van der Waals surface area contributed by atoms with E-state index in [4.69, 9.17) is 15.0 Å². The summed E-state index contributed by atoms with van der Waals surface area (Å²) in [6.45, 7) is 1.96. The molecule has 1 unspecified atom stereocenters. The van der Waals surface area contributed by atoms with Crippen molar-refractivity contribution < 1.29 is 23.8 Å². The largest absolute Gasteiger partial charge is 0.394 e. The number of nitrogens with zero attached hydrogens (tertiary/aromatic N) is 2. The molecular formula is C28H54N3O6PS2. The van der Waals surface area contributed by atoms with Crippen molar-refractivity contribution in [2.45, 2.75) is 122 Å². The van der Waals surface area contributed by atoms with Gasteiger partial charge in [0, 0.05) is 17.7 Å². The van der Waals surface area contributed by atoms with Crippen molar-refractivity contribution in [3.63, 3.8) is 0 Å². The van der Waals surface area contributed by atoms with Gasteiger partial charge in [0.1, 0.15) is 12.2 Å². The third-order valence-corrected chi connectivity index (χ3v) is 10.1. The Morgan fingerprint density at radius 3 is 1.98 bits per heavy atom. The van der Waals surface area contributed by atoms with Crippen LogP contribution in [0.1, 0.15) is 110 Å². The Hall–Kier alpha value is -0.550. The minimum atomic E-state index is -3.96. The van der Waals surface area contributed by atoms with Gasteiger partial charge < -0.3 is 25.0 Å². The molecule has 0 aliphatic heterocycles. The van der Waals surface area contributed by atoms with Crippen molar-refractivity contribution in [2.24, 2.45) is 0 Å². The number of anilines is 1. The van der Waals surface area contributed by atoms with Crippen molar-refractivity contribution in [3.8, 4) is 0 Å². The first-order chi connectivity index (χ1) is 19.4. The Labute approximate surface area is 249 Å². The van der Waals surface area contributed by atoms with Gasteiger partial charge in [-0.15, -0.1) is 0 Å². The van der Waals surface area contributed by atoms with Gasteiger partial charge in [0.05, 0.1) is 25.9 Å². The third kappa shape index (κ3) is 21.2. The lowest BCUT2D eigenvalue weighted by molar-refractivity contribution is 0.0170. The summed E-state index contributed by atoms with van der Waals surface area (Å²) in [4.78, 5) is 25.4. The standard InChI is InChI=1S/C28H54N3O6PS2/c1-2-3-4-5-6-7-8-9-10-11-12-13-14-15-16-17-21-39-40-22-20-37-38(34,35)25-36-26(24-32)23-31-19-18-27(29)30-28(31)33/h18-19,26,32H,2-17,20-25H2,1H3,(H,34,35)(H2,29,30,33)/t26-/m0/s1. The number of ether oxygens (including phenoxy) is 1. The van der Waals surface area contributed by atoms with Crippen LogP contribution >= 0.6 is 29.2 Å². The van der Waals surface area contributed by atoms with E-state index in [1.165, 1.54) is 120 Å². The minimum Gasteiger partial charge on any atom is -0.394 e. The van der Waals surface area contributed by atoms with Crippen LogP contribution in [0.2, 0.25) is 0 Å². The molecule has 12 heteroatoms. The van der Waals surface area contributed by atoms with Gasteiger partial charge in [0.25, 0.3) is 0 Å². The van der Waals surface area contributed by atoms with Crippen LogP contribution in [0.15, 0.2) is 17.1 Å². The van der Waals surface area contributed by atoms with E-state index in [9.17, 15) is 19.4 Å². The summed E-state index contributed by atoms with van der Waals surface area (Å²) in [5, 5.41) is 9.48. The zero-order chi connectivity index (χ0) is 29.3. The maximum absolute atomic E-state index is 12.2. The number of hydrogen-bond donors (Lipinski definition) is 3. The zero-order valence-corrected chi connectivity index (χ0v) is 27.1. The quantitative estimate of drug-likeness (QED) is 0.0508. The van der Waals surface area contributed by atoms with Crippen LogP contribution in [0.5, 0.6) is 0 Å². The molecule has 1 heterocycles. The Bertz CT molecular complexity index is 849.